The molecule has 0 saturated carbocycles. The second-order valence-corrected chi connectivity index (χ2v) is 8.44. The zero-order valence-corrected chi connectivity index (χ0v) is 19.7. The number of carbonyl (C=O) groups excluding carboxylic acids is 2. The topological polar surface area (TPSA) is 97.3 Å². The fourth-order valence-corrected chi connectivity index (χ4v) is 4.55. The molecule has 0 spiro atoms. The SMILES string of the molecule is CCOc1ccc(C2C(=C(O)c3nc4c(C)cccn4c3C)C(=O)C(=O)N2Cc2ccco2)cc1. The maximum absolute atomic E-state index is 13.3. The Morgan fingerprint density at radius 2 is 1.89 bits per heavy atom. The zero-order chi connectivity index (χ0) is 24.7. The van der Waals surface area contributed by atoms with E-state index in [1.165, 1.54) is 11.2 Å². The first-order chi connectivity index (χ1) is 16.9. The number of nitrogens with zero attached hydrogens (tertiary/aromatic N) is 3. The van der Waals surface area contributed by atoms with Gasteiger partial charge < -0.3 is 23.6 Å². The number of aryl methyl sites for hydroxylation is 2. The molecule has 1 atom stereocenters. The van der Waals surface area contributed by atoms with Gasteiger partial charge >= 0.3 is 0 Å². The molecule has 8 heteroatoms. The number of Topliss-reactive ketones (excluding diaryl/α,β-unsaturated/α-hetero) is 1. The van der Waals surface area contributed by atoms with E-state index < -0.39 is 17.7 Å². The molecular formula is C27H25N3O5. The van der Waals surface area contributed by atoms with Gasteiger partial charge in [-0.3, -0.25) is 9.59 Å². The van der Waals surface area contributed by atoms with Crippen molar-refractivity contribution in [2.24, 2.45) is 0 Å². The minimum Gasteiger partial charge on any atom is -0.505 e. The van der Waals surface area contributed by atoms with Gasteiger partial charge in [0.15, 0.2) is 5.76 Å². The first-order valence-corrected chi connectivity index (χ1v) is 11.4. The van der Waals surface area contributed by atoms with Gasteiger partial charge in [0.1, 0.15) is 22.9 Å². The maximum Gasteiger partial charge on any atom is 0.296 e. The minimum atomic E-state index is -0.818. The first kappa shape index (κ1) is 22.5. The quantitative estimate of drug-likeness (QED) is 0.251. The number of pyridine rings is 1. The number of amides is 1. The number of fused-ring (bicyclic) bond motifs is 1. The number of aliphatic hydroxyl groups excluding tert-OH is 1. The number of ether oxygens (including phenoxy) is 1. The Balaban J connectivity index is 1.68. The summed E-state index contributed by atoms with van der Waals surface area (Å²) in [7, 11) is 0. The van der Waals surface area contributed by atoms with Crippen LogP contribution in [0.15, 0.2) is 71.0 Å². The number of rotatable bonds is 6. The van der Waals surface area contributed by atoms with E-state index in [0.29, 0.717) is 35.0 Å². The molecule has 0 bridgehead atoms. The summed E-state index contributed by atoms with van der Waals surface area (Å²) in [5, 5.41) is 11.5. The Hall–Kier alpha value is -4.33. The van der Waals surface area contributed by atoms with E-state index >= 15 is 0 Å². The maximum atomic E-state index is 13.3. The van der Waals surface area contributed by atoms with E-state index in [1.807, 2.05) is 43.5 Å². The van der Waals surface area contributed by atoms with Crippen molar-refractivity contribution in [1.82, 2.24) is 14.3 Å². The Morgan fingerprint density at radius 3 is 2.54 bits per heavy atom. The van der Waals surface area contributed by atoms with Gasteiger partial charge in [-0.25, -0.2) is 4.98 Å². The molecule has 5 rings (SSSR count). The van der Waals surface area contributed by atoms with Crippen molar-refractivity contribution in [3.63, 3.8) is 0 Å². The second-order valence-electron chi connectivity index (χ2n) is 8.44. The van der Waals surface area contributed by atoms with Crippen LogP contribution in [-0.4, -0.2) is 37.7 Å². The van der Waals surface area contributed by atoms with Crippen LogP contribution in [-0.2, 0) is 16.1 Å². The summed E-state index contributed by atoms with van der Waals surface area (Å²) in [5.41, 5.74) is 3.20. The molecule has 1 unspecified atom stereocenters. The van der Waals surface area contributed by atoms with Crippen LogP contribution in [0.1, 0.15) is 41.2 Å². The largest absolute Gasteiger partial charge is 0.505 e. The zero-order valence-electron chi connectivity index (χ0n) is 19.7. The third kappa shape index (κ3) is 3.77. The monoisotopic (exact) mass is 471 g/mol. The fourth-order valence-electron chi connectivity index (χ4n) is 4.55. The van der Waals surface area contributed by atoms with Crippen molar-refractivity contribution in [2.75, 3.05) is 6.61 Å². The van der Waals surface area contributed by atoms with E-state index in [4.69, 9.17) is 9.15 Å². The lowest BCUT2D eigenvalue weighted by Gasteiger charge is -2.24. The molecule has 1 aromatic carbocycles. The van der Waals surface area contributed by atoms with Crippen LogP contribution < -0.4 is 4.74 Å². The second kappa shape index (κ2) is 8.79. The number of aliphatic hydroxyl groups is 1. The molecule has 178 valence electrons. The van der Waals surface area contributed by atoms with Crippen molar-refractivity contribution in [1.29, 1.82) is 0 Å². The van der Waals surface area contributed by atoms with Crippen molar-refractivity contribution in [3.8, 4) is 5.75 Å². The van der Waals surface area contributed by atoms with E-state index in [9.17, 15) is 14.7 Å². The summed E-state index contributed by atoms with van der Waals surface area (Å²) in [6, 6.07) is 13.6. The number of benzene rings is 1. The number of furan rings is 1. The number of hydrogen-bond donors (Lipinski definition) is 1. The van der Waals surface area contributed by atoms with E-state index in [1.54, 1.807) is 36.4 Å². The molecule has 1 fully saturated rings. The average molecular weight is 472 g/mol. The molecule has 4 heterocycles. The van der Waals surface area contributed by atoms with E-state index in [-0.39, 0.29) is 23.6 Å². The number of aromatic nitrogens is 2. The van der Waals surface area contributed by atoms with Crippen molar-refractivity contribution < 1.29 is 23.8 Å². The highest BCUT2D eigenvalue weighted by Crippen LogP contribution is 2.41. The smallest absolute Gasteiger partial charge is 0.296 e. The standard InChI is InChI=1S/C27H25N3O5/c1-4-34-19-11-9-18(10-12-19)23-21(25(32)27(33)30(23)15-20-8-6-14-35-20)24(31)22-17(3)29-13-5-7-16(2)26(29)28-22/h5-14,23,31H,4,15H2,1-3H3. The van der Waals surface area contributed by atoms with Gasteiger partial charge in [0.05, 0.1) is 36.7 Å². The molecule has 0 radical (unpaired) electrons. The van der Waals surface area contributed by atoms with E-state index in [2.05, 4.69) is 4.98 Å². The predicted molar refractivity (Wildman–Crippen MR) is 129 cm³/mol. The van der Waals surface area contributed by atoms with Gasteiger partial charge in [-0.15, -0.1) is 0 Å². The normalized spacial score (nSPS) is 17.5. The number of hydrogen-bond acceptors (Lipinski definition) is 6. The molecule has 1 amide bonds. The first-order valence-electron chi connectivity index (χ1n) is 11.4. The van der Waals surface area contributed by atoms with Gasteiger partial charge in [-0.1, -0.05) is 18.2 Å². The highest BCUT2D eigenvalue weighted by atomic mass is 16.5. The fraction of sp³-hybridized carbons (Fsp3) is 0.222. The van der Waals surface area contributed by atoms with Gasteiger partial charge in [-0.2, -0.15) is 0 Å². The van der Waals surface area contributed by atoms with Gasteiger partial charge in [0, 0.05) is 6.20 Å². The van der Waals surface area contributed by atoms with E-state index in [0.717, 1.165) is 5.56 Å². The molecule has 8 nitrogen and oxygen atoms in total. The van der Waals surface area contributed by atoms with Crippen molar-refractivity contribution in [2.45, 2.75) is 33.4 Å². The van der Waals surface area contributed by atoms with Crippen molar-refractivity contribution >= 4 is 23.1 Å². The Labute approximate surface area is 202 Å². The van der Waals surface area contributed by atoms with Crippen LogP contribution in [0.2, 0.25) is 0 Å². The van der Waals surface area contributed by atoms with Crippen molar-refractivity contribution in [3.05, 3.63) is 94.8 Å². The Bertz CT molecular complexity index is 1450. The van der Waals surface area contributed by atoms with Crippen LogP contribution in [0.5, 0.6) is 5.75 Å². The van der Waals surface area contributed by atoms with Crippen LogP contribution in [0.4, 0.5) is 0 Å². The minimum absolute atomic E-state index is 0.00475. The van der Waals surface area contributed by atoms with Gasteiger partial charge in [0.2, 0.25) is 0 Å². The third-order valence-corrected chi connectivity index (χ3v) is 6.26. The van der Waals surface area contributed by atoms with Crippen LogP contribution in [0.25, 0.3) is 11.4 Å². The predicted octanol–water partition coefficient (Wildman–Crippen LogP) is 4.56. The molecule has 35 heavy (non-hydrogen) atoms. The summed E-state index contributed by atoms with van der Waals surface area (Å²) in [5.74, 6) is -0.571. The summed E-state index contributed by atoms with van der Waals surface area (Å²) < 4.78 is 12.8. The average Bonchev–Trinajstić information content (AvgIpc) is 3.55. The lowest BCUT2D eigenvalue weighted by atomic mass is 9.96. The molecule has 0 aliphatic carbocycles. The number of carbonyl (C=O) groups is 2. The van der Waals surface area contributed by atoms with Crippen LogP contribution in [0, 0.1) is 13.8 Å². The Kier molecular flexibility index (Phi) is 5.64. The molecule has 1 aliphatic rings. The summed E-state index contributed by atoms with van der Waals surface area (Å²) in [6.45, 7) is 6.23. The molecule has 1 aliphatic heterocycles. The van der Waals surface area contributed by atoms with Gasteiger partial charge in [-0.05, 0) is 62.2 Å². The van der Waals surface area contributed by atoms with Gasteiger partial charge in [0.25, 0.3) is 11.7 Å². The Morgan fingerprint density at radius 1 is 1.11 bits per heavy atom. The molecule has 3 aromatic heterocycles. The number of likely N-dealkylation sites (tertiary alicyclic amines) is 1. The molecule has 1 saturated heterocycles. The lowest BCUT2D eigenvalue weighted by Crippen LogP contribution is -2.29. The number of imidazole rings is 1. The summed E-state index contributed by atoms with van der Waals surface area (Å²) in [4.78, 5) is 32.5. The highest BCUT2D eigenvalue weighted by molar-refractivity contribution is 6.46. The summed E-state index contributed by atoms with van der Waals surface area (Å²) in [6.07, 6.45) is 3.36. The van der Waals surface area contributed by atoms with Crippen LogP contribution in [0.3, 0.4) is 0 Å². The highest BCUT2D eigenvalue weighted by Gasteiger charge is 2.47. The number of ketones is 1. The molecule has 4 aromatic rings. The van der Waals surface area contributed by atoms with Crippen LogP contribution >= 0.6 is 0 Å². The third-order valence-electron chi connectivity index (χ3n) is 6.26. The summed E-state index contributed by atoms with van der Waals surface area (Å²) >= 11 is 0. The molecular weight excluding hydrogens is 446 g/mol. The molecule has 1 N–H and O–H groups in total. The lowest BCUT2D eigenvalue weighted by molar-refractivity contribution is -0.140.